The lowest BCUT2D eigenvalue weighted by molar-refractivity contribution is 0.310. The molecule has 9 heavy (non-hydrogen) atoms. The van der Waals surface area contributed by atoms with Crippen LogP contribution in [-0.4, -0.2) is 16.9 Å². The summed E-state index contributed by atoms with van der Waals surface area (Å²) >= 11 is 0. The second-order valence-corrected chi connectivity index (χ2v) is 1.97. The number of rotatable bonds is 1. The zero-order valence-corrected chi connectivity index (χ0v) is 6.80. The fraction of sp³-hybridized carbons (Fsp3) is 0.600. The Morgan fingerprint density at radius 3 is 1.44 bits per heavy atom. The molecule has 0 aliphatic carbocycles. The van der Waals surface area contributed by atoms with E-state index in [2.05, 4.69) is 4.52 Å². The summed E-state index contributed by atoms with van der Waals surface area (Å²) in [4.78, 5) is 15.5. The van der Waals surface area contributed by atoms with Crippen molar-refractivity contribution in [2.45, 2.75) is 13.8 Å². The highest BCUT2D eigenvalue weighted by Gasteiger charge is 1.86. The standard InChI is InChI=1S/C4H8.CH5O3P/c1-3-4-2;1-4-5(2)3/h3-4H,1-2H3;2-3H,1H3. The van der Waals surface area contributed by atoms with Gasteiger partial charge in [0.1, 0.15) is 0 Å². The smallest absolute Gasteiger partial charge is 0.326 e. The van der Waals surface area contributed by atoms with Gasteiger partial charge in [-0.1, -0.05) is 12.2 Å². The van der Waals surface area contributed by atoms with Gasteiger partial charge in [-0.25, -0.2) is 0 Å². The van der Waals surface area contributed by atoms with Crippen molar-refractivity contribution in [3.63, 3.8) is 0 Å². The lowest BCUT2D eigenvalue weighted by Crippen LogP contribution is -1.67. The van der Waals surface area contributed by atoms with E-state index < -0.39 is 8.60 Å². The van der Waals surface area contributed by atoms with Crippen LogP contribution < -0.4 is 0 Å². The van der Waals surface area contributed by atoms with Gasteiger partial charge < -0.3 is 14.3 Å². The Kier molecular flexibility index (Phi) is 14.3. The summed E-state index contributed by atoms with van der Waals surface area (Å²) in [7, 11) is -0.870. The Bertz CT molecular complexity index is 59.2. The van der Waals surface area contributed by atoms with Crippen LogP contribution in [0, 0.1) is 0 Å². The SMILES string of the molecule is CC=CC.COP(O)O. The summed E-state index contributed by atoms with van der Waals surface area (Å²) in [6.45, 7) is 4.00. The normalized spacial score (nSPS) is 9.56. The van der Waals surface area contributed by atoms with Crippen LogP contribution in [0.15, 0.2) is 12.2 Å². The van der Waals surface area contributed by atoms with Crippen LogP contribution >= 0.6 is 8.60 Å². The van der Waals surface area contributed by atoms with Crippen molar-refractivity contribution in [1.29, 1.82) is 0 Å². The molecule has 0 rings (SSSR count). The maximum Gasteiger partial charge on any atom is 0.326 e. The molecule has 0 saturated carbocycles. The Balaban J connectivity index is 0. The molecule has 0 bridgehead atoms. The highest BCUT2D eigenvalue weighted by molar-refractivity contribution is 7.39. The summed E-state index contributed by atoms with van der Waals surface area (Å²) < 4.78 is 3.93. The van der Waals surface area contributed by atoms with Crippen LogP contribution in [0.2, 0.25) is 0 Å². The van der Waals surface area contributed by atoms with E-state index in [0.29, 0.717) is 0 Å². The lowest BCUT2D eigenvalue weighted by Gasteiger charge is -1.89. The first-order chi connectivity index (χ1) is 4.18. The first-order valence-electron chi connectivity index (χ1n) is 2.48. The van der Waals surface area contributed by atoms with Gasteiger partial charge in [0.2, 0.25) is 0 Å². The predicted molar refractivity (Wildman–Crippen MR) is 38.9 cm³/mol. The van der Waals surface area contributed by atoms with Crippen molar-refractivity contribution < 1.29 is 14.3 Å². The molecule has 0 aliphatic heterocycles. The fourth-order valence-electron chi connectivity index (χ4n) is 0. The topological polar surface area (TPSA) is 49.7 Å². The zero-order chi connectivity index (χ0) is 7.70. The van der Waals surface area contributed by atoms with E-state index in [-0.39, 0.29) is 0 Å². The molecule has 0 aromatic rings. The molecule has 3 nitrogen and oxygen atoms in total. The minimum Gasteiger partial charge on any atom is -0.328 e. The van der Waals surface area contributed by atoms with Gasteiger partial charge in [0.15, 0.2) is 0 Å². The summed E-state index contributed by atoms with van der Waals surface area (Å²) in [5, 5.41) is 0. The molecule has 4 heteroatoms. The number of hydrogen-bond donors (Lipinski definition) is 2. The fourth-order valence-corrected chi connectivity index (χ4v) is 0. The summed E-state index contributed by atoms with van der Waals surface area (Å²) in [5.74, 6) is 0. The van der Waals surface area contributed by atoms with E-state index in [0.717, 1.165) is 0 Å². The average Bonchev–Trinajstić information content (AvgIpc) is 1.89. The highest BCUT2D eigenvalue weighted by Crippen LogP contribution is 2.20. The molecular formula is C5H13O3P. The molecular weight excluding hydrogens is 139 g/mol. The maximum absolute atomic E-state index is 7.76. The van der Waals surface area contributed by atoms with Gasteiger partial charge in [-0.3, -0.25) is 0 Å². The molecule has 0 aliphatic rings. The zero-order valence-electron chi connectivity index (χ0n) is 5.90. The minimum atomic E-state index is -2.10. The van der Waals surface area contributed by atoms with E-state index in [9.17, 15) is 0 Å². The van der Waals surface area contributed by atoms with Crippen LogP contribution in [0.5, 0.6) is 0 Å². The van der Waals surface area contributed by atoms with E-state index in [1.54, 1.807) is 0 Å². The van der Waals surface area contributed by atoms with Gasteiger partial charge in [0.25, 0.3) is 0 Å². The monoisotopic (exact) mass is 152 g/mol. The van der Waals surface area contributed by atoms with Crippen LogP contribution in [0.3, 0.4) is 0 Å². The van der Waals surface area contributed by atoms with Crippen molar-refractivity contribution in [3.05, 3.63) is 12.2 Å². The molecule has 0 saturated heterocycles. The van der Waals surface area contributed by atoms with Gasteiger partial charge in [-0.05, 0) is 13.8 Å². The van der Waals surface area contributed by atoms with Crippen molar-refractivity contribution in [2.24, 2.45) is 0 Å². The Labute approximate surface area is 57.0 Å². The Hall–Kier alpha value is 0.0500. The Morgan fingerprint density at radius 2 is 1.44 bits per heavy atom. The number of allylic oxidation sites excluding steroid dienone is 2. The molecule has 0 spiro atoms. The third-order valence-electron chi connectivity index (χ3n) is 0.497. The molecule has 0 unspecified atom stereocenters. The van der Waals surface area contributed by atoms with E-state index in [1.807, 2.05) is 26.0 Å². The lowest BCUT2D eigenvalue weighted by atomic mass is 10.6. The van der Waals surface area contributed by atoms with Crippen molar-refractivity contribution in [3.8, 4) is 0 Å². The van der Waals surface area contributed by atoms with Crippen molar-refractivity contribution in [2.75, 3.05) is 7.11 Å². The molecule has 0 atom stereocenters. The molecule has 0 heterocycles. The van der Waals surface area contributed by atoms with Gasteiger partial charge in [-0.15, -0.1) is 0 Å². The summed E-state index contributed by atoms with van der Waals surface area (Å²) in [5.41, 5.74) is 0. The minimum absolute atomic E-state index is 1.23. The van der Waals surface area contributed by atoms with Crippen LogP contribution in [0.25, 0.3) is 0 Å². The third kappa shape index (κ3) is 31.7. The summed E-state index contributed by atoms with van der Waals surface area (Å²) in [6, 6.07) is 0. The predicted octanol–water partition coefficient (Wildman–Crippen LogP) is 1.43. The molecule has 56 valence electrons. The molecule has 0 aromatic carbocycles. The molecule has 0 radical (unpaired) electrons. The van der Waals surface area contributed by atoms with Crippen molar-refractivity contribution >= 4 is 8.60 Å². The molecule has 0 aromatic heterocycles. The van der Waals surface area contributed by atoms with E-state index in [1.165, 1.54) is 7.11 Å². The molecule has 2 N–H and O–H groups in total. The van der Waals surface area contributed by atoms with Crippen LogP contribution in [0.4, 0.5) is 0 Å². The molecule has 0 amide bonds. The molecule has 0 fully saturated rings. The second-order valence-electron chi connectivity index (χ2n) is 1.10. The average molecular weight is 152 g/mol. The number of hydrogen-bond acceptors (Lipinski definition) is 3. The van der Waals surface area contributed by atoms with Gasteiger partial charge in [0, 0.05) is 7.11 Å². The van der Waals surface area contributed by atoms with Crippen LogP contribution in [0.1, 0.15) is 13.8 Å². The highest BCUT2D eigenvalue weighted by atomic mass is 31.2. The van der Waals surface area contributed by atoms with E-state index in [4.69, 9.17) is 9.79 Å². The first kappa shape index (κ1) is 11.8. The Morgan fingerprint density at radius 1 is 1.22 bits per heavy atom. The van der Waals surface area contributed by atoms with Crippen molar-refractivity contribution in [1.82, 2.24) is 0 Å². The second kappa shape index (κ2) is 10.9. The summed E-state index contributed by atoms with van der Waals surface area (Å²) in [6.07, 6.45) is 4.00. The quantitative estimate of drug-likeness (QED) is 0.441. The first-order valence-corrected chi connectivity index (χ1v) is 3.64. The van der Waals surface area contributed by atoms with Gasteiger partial charge >= 0.3 is 8.60 Å². The third-order valence-corrected chi connectivity index (χ3v) is 0.823. The van der Waals surface area contributed by atoms with E-state index >= 15 is 0 Å². The largest absolute Gasteiger partial charge is 0.328 e. The van der Waals surface area contributed by atoms with Gasteiger partial charge in [-0.2, -0.15) is 0 Å². The van der Waals surface area contributed by atoms with Crippen LogP contribution in [-0.2, 0) is 4.52 Å². The van der Waals surface area contributed by atoms with Gasteiger partial charge in [0.05, 0.1) is 0 Å². The maximum atomic E-state index is 7.76.